The van der Waals surface area contributed by atoms with Crippen molar-refractivity contribution < 1.29 is 4.79 Å². The van der Waals surface area contributed by atoms with Crippen LogP contribution in [0.5, 0.6) is 0 Å². The molecule has 0 saturated heterocycles. The third-order valence-corrected chi connectivity index (χ3v) is 5.43. The maximum Gasteiger partial charge on any atom is 0.237 e. The molecule has 0 radical (unpaired) electrons. The van der Waals surface area contributed by atoms with E-state index >= 15 is 0 Å². The number of rotatable bonds is 5. The highest BCUT2D eigenvalue weighted by molar-refractivity contribution is 8.00. The smallest absolute Gasteiger partial charge is 0.237 e. The summed E-state index contributed by atoms with van der Waals surface area (Å²) in [6.45, 7) is 9.89. The van der Waals surface area contributed by atoms with Crippen molar-refractivity contribution in [2.24, 2.45) is 0 Å². The fourth-order valence-corrected chi connectivity index (χ4v) is 3.64. The van der Waals surface area contributed by atoms with Gasteiger partial charge in [-0.15, -0.1) is 5.10 Å². The number of tetrazole rings is 1. The number of nitrogens with one attached hydrogen (secondary N) is 1. The second-order valence-electron chi connectivity index (χ2n) is 6.68. The third kappa shape index (κ3) is 4.19. The Bertz CT molecular complexity index is 962. The van der Waals surface area contributed by atoms with Crippen LogP contribution in [0.25, 0.3) is 5.69 Å². The zero-order chi connectivity index (χ0) is 19.6. The summed E-state index contributed by atoms with van der Waals surface area (Å²) < 4.78 is 1.71. The molecule has 0 aliphatic heterocycles. The Labute approximate surface area is 163 Å². The van der Waals surface area contributed by atoms with Crippen LogP contribution in [0.2, 0.25) is 0 Å². The monoisotopic (exact) mass is 381 g/mol. The predicted octanol–water partition coefficient (Wildman–Crippen LogP) is 4.02. The number of hydrogen-bond donors (Lipinski definition) is 1. The van der Waals surface area contributed by atoms with Crippen molar-refractivity contribution >= 4 is 23.4 Å². The number of amides is 1. The van der Waals surface area contributed by atoms with Gasteiger partial charge >= 0.3 is 0 Å². The fourth-order valence-electron chi connectivity index (χ4n) is 2.85. The summed E-state index contributed by atoms with van der Waals surface area (Å²) in [6.07, 6.45) is 0. The average molecular weight is 382 g/mol. The van der Waals surface area contributed by atoms with E-state index in [1.807, 2.05) is 71.0 Å². The van der Waals surface area contributed by atoms with Crippen LogP contribution < -0.4 is 5.32 Å². The number of aromatic nitrogens is 4. The highest BCUT2D eigenvalue weighted by atomic mass is 32.2. The van der Waals surface area contributed by atoms with Crippen LogP contribution in [-0.4, -0.2) is 31.4 Å². The Morgan fingerprint density at radius 3 is 2.48 bits per heavy atom. The van der Waals surface area contributed by atoms with Gasteiger partial charge in [-0.1, -0.05) is 42.1 Å². The van der Waals surface area contributed by atoms with Crippen LogP contribution in [-0.2, 0) is 4.79 Å². The molecule has 0 unspecified atom stereocenters. The van der Waals surface area contributed by atoms with Crippen LogP contribution in [0.15, 0.2) is 41.6 Å². The molecule has 1 heterocycles. The second-order valence-corrected chi connectivity index (χ2v) is 7.99. The highest BCUT2D eigenvalue weighted by Crippen LogP contribution is 2.27. The number of benzene rings is 2. The van der Waals surface area contributed by atoms with Crippen molar-refractivity contribution in [1.29, 1.82) is 0 Å². The molecule has 0 aliphatic carbocycles. The van der Waals surface area contributed by atoms with Gasteiger partial charge in [0.2, 0.25) is 11.1 Å². The number of carbonyl (C=O) groups excluding carboxylic acids is 1. The molecule has 1 atom stereocenters. The van der Waals surface area contributed by atoms with E-state index < -0.39 is 0 Å². The second kappa shape index (κ2) is 7.92. The number of thioether (sulfide) groups is 1. The summed E-state index contributed by atoms with van der Waals surface area (Å²) in [6, 6.07) is 12.1. The van der Waals surface area contributed by atoms with Crippen LogP contribution >= 0.6 is 11.8 Å². The molecule has 3 rings (SSSR count). The summed E-state index contributed by atoms with van der Waals surface area (Å²) >= 11 is 1.34. The minimum atomic E-state index is -0.348. The zero-order valence-electron chi connectivity index (χ0n) is 16.1. The molecule has 7 heteroatoms. The standard InChI is InChI=1S/C20H23N5OS/c1-12-9-10-13(2)17(11-12)21-19(26)16(5)27-20-22-23-24-25(20)18-14(3)7-6-8-15(18)4/h6-11,16H,1-5H3,(H,21,26)/t16-/m1/s1. The van der Waals surface area contributed by atoms with Gasteiger partial charge in [0, 0.05) is 5.69 Å². The quantitative estimate of drug-likeness (QED) is 0.676. The largest absolute Gasteiger partial charge is 0.325 e. The minimum absolute atomic E-state index is 0.0789. The molecular weight excluding hydrogens is 358 g/mol. The zero-order valence-corrected chi connectivity index (χ0v) is 17.0. The highest BCUT2D eigenvalue weighted by Gasteiger charge is 2.21. The summed E-state index contributed by atoms with van der Waals surface area (Å²) in [5.74, 6) is -0.0789. The third-order valence-electron chi connectivity index (χ3n) is 4.39. The van der Waals surface area contributed by atoms with Gasteiger partial charge in [-0.25, -0.2) is 0 Å². The SMILES string of the molecule is Cc1ccc(C)c(NC(=O)[C@@H](C)Sc2nnnn2-c2c(C)cccc2C)c1. The number of carbonyl (C=O) groups is 1. The van der Waals surface area contributed by atoms with E-state index in [-0.39, 0.29) is 11.2 Å². The van der Waals surface area contributed by atoms with Crippen LogP contribution in [0.3, 0.4) is 0 Å². The fraction of sp³-hybridized carbons (Fsp3) is 0.300. The Morgan fingerprint density at radius 1 is 1.07 bits per heavy atom. The van der Waals surface area contributed by atoms with Gasteiger partial charge in [-0.2, -0.15) is 4.68 Å². The van der Waals surface area contributed by atoms with Gasteiger partial charge in [0.1, 0.15) is 0 Å². The van der Waals surface area contributed by atoms with E-state index in [1.165, 1.54) is 11.8 Å². The lowest BCUT2D eigenvalue weighted by molar-refractivity contribution is -0.115. The molecule has 27 heavy (non-hydrogen) atoms. The van der Waals surface area contributed by atoms with Crippen molar-refractivity contribution in [2.45, 2.75) is 45.0 Å². The maximum absolute atomic E-state index is 12.7. The number of anilines is 1. The Hall–Kier alpha value is -2.67. The molecule has 140 valence electrons. The normalized spacial score (nSPS) is 12.0. The van der Waals surface area contributed by atoms with Crippen LogP contribution in [0, 0.1) is 27.7 Å². The van der Waals surface area contributed by atoms with Gasteiger partial charge in [0.15, 0.2) is 0 Å². The van der Waals surface area contributed by atoms with Crippen molar-refractivity contribution in [2.75, 3.05) is 5.32 Å². The van der Waals surface area contributed by atoms with E-state index in [0.717, 1.165) is 33.6 Å². The first kappa shape index (κ1) is 19.1. The van der Waals surface area contributed by atoms with Crippen molar-refractivity contribution in [3.63, 3.8) is 0 Å². The lowest BCUT2D eigenvalue weighted by Gasteiger charge is -2.15. The Kier molecular flexibility index (Phi) is 5.60. The number of nitrogens with zero attached hydrogens (tertiary/aromatic N) is 4. The summed E-state index contributed by atoms with van der Waals surface area (Å²) in [5.41, 5.74) is 6.09. The predicted molar refractivity (Wildman–Crippen MR) is 108 cm³/mol. The minimum Gasteiger partial charge on any atom is -0.325 e. The molecule has 6 nitrogen and oxygen atoms in total. The first-order valence-corrected chi connectivity index (χ1v) is 9.64. The first-order chi connectivity index (χ1) is 12.9. The van der Waals surface area contributed by atoms with Crippen LogP contribution in [0.1, 0.15) is 29.2 Å². The molecule has 0 spiro atoms. The topological polar surface area (TPSA) is 72.7 Å². The molecule has 0 fully saturated rings. The van der Waals surface area contributed by atoms with Gasteiger partial charge in [0.25, 0.3) is 0 Å². The van der Waals surface area contributed by atoms with E-state index in [2.05, 4.69) is 20.8 Å². The Balaban J connectivity index is 1.79. The van der Waals surface area contributed by atoms with Crippen molar-refractivity contribution in [3.05, 3.63) is 58.7 Å². The van der Waals surface area contributed by atoms with Crippen LogP contribution in [0.4, 0.5) is 5.69 Å². The molecule has 0 saturated carbocycles. The molecule has 0 bridgehead atoms. The molecule has 3 aromatic rings. The van der Waals surface area contributed by atoms with Crippen molar-refractivity contribution in [1.82, 2.24) is 20.2 Å². The summed E-state index contributed by atoms with van der Waals surface area (Å²) in [7, 11) is 0. The van der Waals surface area contributed by atoms with Crippen molar-refractivity contribution in [3.8, 4) is 5.69 Å². The molecule has 1 N–H and O–H groups in total. The number of para-hydroxylation sites is 1. The summed E-state index contributed by atoms with van der Waals surface area (Å²) in [5, 5.41) is 15.3. The van der Waals surface area contributed by atoms with E-state index in [4.69, 9.17) is 0 Å². The van der Waals surface area contributed by atoms with Gasteiger partial charge in [0.05, 0.1) is 10.9 Å². The average Bonchev–Trinajstić information content (AvgIpc) is 3.05. The first-order valence-electron chi connectivity index (χ1n) is 8.76. The lowest BCUT2D eigenvalue weighted by Crippen LogP contribution is -2.23. The maximum atomic E-state index is 12.7. The van der Waals surface area contributed by atoms with E-state index in [1.54, 1.807) is 4.68 Å². The van der Waals surface area contributed by atoms with Gasteiger partial charge in [-0.05, 0) is 73.4 Å². The molecule has 2 aromatic carbocycles. The molecular formula is C20H23N5OS. The number of hydrogen-bond acceptors (Lipinski definition) is 5. The summed E-state index contributed by atoms with van der Waals surface area (Å²) in [4.78, 5) is 12.7. The molecule has 1 amide bonds. The number of aryl methyl sites for hydroxylation is 4. The Morgan fingerprint density at radius 2 is 1.78 bits per heavy atom. The van der Waals surface area contributed by atoms with Gasteiger partial charge < -0.3 is 5.32 Å². The van der Waals surface area contributed by atoms with E-state index in [9.17, 15) is 4.79 Å². The molecule has 0 aliphatic rings. The molecule has 1 aromatic heterocycles. The lowest BCUT2D eigenvalue weighted by atomic mass is 10.1. The van der Waals surface area contributed by atoms with Gasteiger partial charge in [-0.3, -0.25) is 4.79 Å². The van der Waals surface area contributed by atoms with E-state index in [0.29, 0.717) is 5.16 Å².